The molecule has 40 heavy (non-hydrogen) atoms. The molecule has 4 aromatic rings. The third-order valence-corrected chi connectivity index (χ3v) is 8.23. The van der Waals surface area contributed by atoms with Gasteiger partial charge in [-0.1, -0.05) is 69.3 Å². The van der Waals surface area contributed by atoms with Crippen molar-refractivity contribution in [2.45, 2.75) is 51.0 Å². The molecule has 2 heterocycles. The molecule has 9 heteroatoms. The number of carbonyl (C=O) groups is 1. The Labute approximate surface area is 234 Å². The molecule has 5 rings (SSSR count). The van der Waals surface area contributed by atoms with Crippen LogP contribution >= 0.6 is 0 Å². The molecule has 8 nitrogen and oxygen atoms in total. The molecule has 1 aliphatic rings. The molecule has 0 saturated carbocycles. The Morgan fingerprint density at radius 3 is 2.33 bits per heavy atom. The lowest BCUT2D eigenvalue weighted by atomic mass is 9.85. The van der Waals surface area contributed by atoms with E-state index in [4.69, 9.17) is 4.74 Å². The maximum atomic E-state index is 13.3. The predicted octanol–water partition coefficient (Wildman–Crippen LogP) is 5.72. The van der Waals surface area contributed by atoms with Gasteiger partial charge in [0.1, 0.15) is 6.10 Å². The number of aromatic nitrogens is 2. The van der Waals surface area contributed by atoms with Crippen molar-refractivity contribution in [2.24, 2.45) is 0 Å². The number of rotatable bonds is 2. The molecule has 1 aromatic heterocycles. The molecule has 3 aromatic carbocycles. The second-order valence-electron chi connectivity index (χ2n) is 11.0. The fourth-order valence-corrected chi connectivity index (χ4v) is 5.72. The highest BCUT2D eigenvalue weighted by Crippen LogP contribution is 2.32. The lowest BCUT2D eigenvalue weighted by Gasteiger charge is -2.24. The molecule has 0 fully saturated rings. The molecule has 206 valence electrons. The van der Waals surface area contributed by atoms with E-state index in [0.717, 1.165) is 27.8 Å². The molecule has 0 aliphatic carbocycles. The smallest absolute Gasteiger partial charge is 0.264 e. The molecule has 1 aliphatic heterocycles. The van der Waals surface area contributed by atoms with Gasteiger partial charge >= 0.3 is 0 Å². The number of nitrogens with zero attached hydrogens (tertiary/aromatic N) is 2. The van der Waals surface area contributed by atoms with E-state index >= 15 is 0 Å². The minimum absolute atomic E-state index is 0.0719. The molecule has 0 unspecified atom stereocenters. The van der Waals surface area contributed by atoms with Crippen LogP contribution in [0.5, 0.6) is 5.88 Å². The molecule has 1 amide bonds. The van der Waals surface area contributed by atoms with Crippen LogP contribution in [0.15, 0.2) is 77.7 Å². The Bertz CT molecular complexity index is 1690. The first-order chi connectivity index (χ1) is 18.9. The number of nitrogens with one attached hydrogen (secondary N) is 2. The van der Waals surface area contributed by atoms with E-state index in [1.807, 2.05) is 44.2 Å². The van der Waals surface area contributed by atoms with Gasteiger partial charge in [-0.25, -0.2) is 18.1 Å². The zero-order valence-electron chi connectivity index (χ0n) is 23.1. The first-order valence-electron chi connectivity index (χ1n) is 13.0. The first kappa shape index (κ1) is 27.3. The SMILES string of the molecule is Cc1cccc(C)c1-c1cc2nc(n1)NS(=O)(=O)c1cccc(c1)C(=O)NC[C@H](c1cccc(C(C)(C)C)c1)O2. The van der Waals surface area contributed by atoms with Crippen molar-refractivity contribution in [1.29, 1.82) is 0 Å². The van der Waals surface area contributed by atoms with E-state index in [-0.39, 0.29) is 34.2 Å². The maximum Gasteiger partial charge on any atom is 0.264 e. The molecule has 4 bridgehead atoms. The number of hydrogen-bond acceptors (Lipinski definition) is 6. The van der Waals surface area contributed by atoms with E-state index in [2.05, 4.69) is 52.9 Å². The van der Waals surface area contributed by atoms with Gasteiger partial charge in [-0.15, -0.1) is 0 Å². The van der Waals surface area contributed by atoms with Crippen molar-refractivity contribution in [2.75, 3.05) is 11.3 Å². The van der Waals surface area contributed by atoms with Gasteiger partial charge in [-0.2, -0.15) is 4.98 Å². The Kier molecular flexibility index (Phi) is 7.10. The second-order valence-corrected chi connectivity index (χ2v) is 12.7. The minimum Gasteiger partial charge on any atom is -0.467 e. The Balaban J connectivity index is 1.69. The standard InChI is InChI=1S/C31H32N4O4S/c1-19-9-6-10-20(2)28(19)25-17-27-34-30(33-25)35-40(37,38)24-14-8-12-22(16-24)29(36)32-18-26(39-27)21-11-7-13-23(15-21)31(3,4)5/h6-17,26H,18H2,1-5H3,(H,32,36)(H,33,34,35)/t26-/m1/s1. The number of carbonyl (C=O) groups excluding carboxylic acids is 1. The largest absolute Gasteiger partial charge is 0.467 e. The molecule has 2 N–H and O–H groups in total. The summed E-state index contributed by atoms with van der Waals surface area (Å²) in [5.74, 6) is -0.358. The normalized spacial score (nSPS) is 16.8. The molecule has 1 atom stereocenters. The summed E-state index contributed by atoms with van der Waals surface area (Å²) in [4.78, 5) is 22.0. The third kappa shape index (κ3) is 5.70. The van der Waals surface area contributed by atoms with Crippen LogP contribution < -0.4 is 14.8 Å². The Morgan fingerprint density at radius 2 is 1.60 bits per heavy atom. The molecule has 0 spiro atoms. The average Bonchev–Trinajstić information content (AvgIpc) is 2.90. The average molecular weight is 557 g/mol. The minimum atomic E-state index is -4.10. The van der Waals surface area contributed by atoms with Crippen LogP contribution in [0.2, 0.25) is 0 Å². The summed E-state index contributed by atoms with van der Waals surface area (Å²) >= 11 is 0. The molecule has 0 radical (unpaired) electrons. The van der Waals surface area contributed by atoms with E-state index in [0.29, 0.717) is 5.69 Å². The van der Waals surface area contributed by atoms with Gasteiger partial charge in [0.05, 0.1) is 17.1 Å². The van der Waals surface area contributed by atoms with Gasteiger partial charge in [0.15, 0.2) is 0 Å². The summed E-state index contributed by atoms with van der Waals surface area (Å²) in [6, 6.07) is 21.5. The lowest BCUT2D eigenvalue weighted by molar-refractivity contribution is 0.0925. The van der Waals surface area contributed by atoms with Gasteiger partial charge in [-0.3, -0.25) is 4.79 Å². The Hall–Kier alpha value is -4.24. The van der Waals surface area contributed by atoms with Crippen molar-refractivity contribution < 1.29 is 17.9 Å². The summed E-state index contributed by atoms with van der Waals surface area (Å²) in [7, 11) is -4.10. The predicted molar refractivity (Wildman–Crippen MR) is 155 cm³/mol. The highest BCUT2D eigenvalue weighted by Gasteiger charge is 2.24. The van der Waals surface area contributed by atoms with Gasteiger partial charge in [0.25, 0.3) is 15.9 Å². The number of fused-ring (bicyclic) bond motifs is 4. The van der Waals surface area contributed by atoms with E-state index < -0.39 is 22.0 Å². The molecular formula is C31H32N4O4S. The Morgan fingerprint density at radius 1 is 0.900 bits per heavy atom. The second kappa shape index (κ2) is 10.4. The number of amides is 1. The lowest BCUT2D eigenvalue weighted by Crippen LogP contribution is -2.31. The van der Waals surface area contributed by atoms with Gasteiger partial charge < -0.3 is 10.1 Å². The van der Waals surface area contributed by atoms with Crippen molar-refractivity contribution in [3.63, 3.8) is 0 Å². The number of hydrogen-bond donors (Lipinski definition) is 2. The van der Waals surface area contributed by atoms with Crippen LogP contribution in [0.4, 0.5) is 5.95 Å². The van der Waals surface area contributed by atoms with Gasteiger partial charge in [0.2, 0.25) is 11.8 Å². The van der Waals surface area contributed by atoms with Crippen LogP contribution in [0.25, 0.3) is 11.3 Å². The number of anilines is 1. The van der Waals surface area contributed by atoms with E-state index in [9.17, 15) is 13.2 Å². The molecule has 0 saturated heterocycles. The molecular weight excluding hydrogens is 524 g/mol. The summed E-state index contributed by atoms with van der Waals surface area (Å²) < 4.78 is 35.6. The number of benzene rings is 3. The zero-order chi connectivity index (χ0) is 28.7. The fourth-order valence-electron chi connectivity index (χ4n) is 4.73. The maximum absolute atomic E-state index is 13.3. The van der Waals surface area contributed by atoms with Crippen LogP contribution in [-0.4, -0.2) is 30.8 Å². The monoisotopic (exact) mass is 556 g/mol. The summed E-state index contributed by atoms with van der Waals surface area (Å²) in [6.45, 7) is 10.5. The van der Waals surface area contributed by atoms with Crippen molar-refractivity contribution in [3.8, 4) is 17.1 Å². The topological polar surface area (TPSA) is 110 Å². The fraction of sp³-hybridized carbons (Fsp3) is 0.258. The van der Waals surface area contributed by atoms with Crippen molar-refractivity contribution >= 4 is 21.9 Å². The van der Waals surface area contributed by atoms with Crippen molar-refractivity contribution in [3.05, 3.63) is 101 Å². The zero-order valence-corrected chi connectivity index (χ0v) is 24.0. The highest BCUT2D eigenvalue weighted by molar-refractivity contribution is 7.92. The van der Waals surface area contributed by atoms with E-state index in [1.165, 1.54) is 18.2 Å². The van der Waals surface area contributed by atoms with E-state index in [1.54, 1.807) is 12.1 Å². The highest BCUT2D eigenvalue weighted by atomic mass is 32.2. The van der Waals surface area contributed by atoms with Crippen LogP contribution in [0.3, 0.4) is 0 Å². The summed E-state index contributed by atoms with van der Waals surface area (Å²) in [5.41, 5.74) is 5.42. The number of ether oxygens (including phenoxy) is 1. The van der Waals surface area contributed by atoms with Crippen LogP contribution in [0, 0.1) is 13.8 Å². The number of aryl methyl sites for hydroxylation is 2. The van der Waals surface area contributed by atoms with Gasteiger partial charge in [-0.05, 0) is 59.7 Å². The van der Waals surface area contributed by atoms with Crippen LogP contribution in [-0.2, 0) is 15.4 Å². The third-order valence-electron chi connectivity index (χ3n) is 6.91. The number of sulfonamides is 1. The van der Waals surface area contributed by atoms with Gasteiger partial charge in [0, 0.05) is 17.2 Å². The van der Waals surface area contributed by atoms with Crippen LogP contribution in [0.1, 0.15) is 59.5 Å². The van der Waals surface area contributed by atoms with Crippen molar-refractivity contribution in [1.82, 2.24) is 15.3 Å². The quantitative estimate of drug-likeness (QED) is 0.327. The summed E-state index contributed by atoms with van der Waals surface area (Å²) in [6.07, 6.45) is -0.611. The first-order valence-corrected chi connectivity index (χ1v) is 14.5. The summed E-state index contributed by atoms with van der Waals surface area (Å²) in [5, 5.41) is 2.91.